The Morgan fingerprint density at radius 2 is 1.88 bits per heavy atom. The number of hydrogen-bond acceptors (Lipinski definition) is 6. The number of benzene rings is 1. The Morgan fingerprint density at radius 1 is 1.15 bits per heavy atom. The summed E-state index contributed by atoms with van der Waals surface area (Å²) in [5.41, 5.74) is 0.792. The van der Waals surface area contributed by atoms with Crippen LogP contribution in [0.25, 0.3) is 0 Å². The van der Waals surface area contributed by atoms with Crippen molar-refractivity contribution in [1.29, 1.82) is 0 Å². The van der Waals surface area contributed by atoms with Gasteiger partial charge in [0.2, 0.25) is 5.91 Å². The molecule has 2 N–H and O–H groups in total. The molecule has 4 rings (SSSR count). The molecular formula is C24H27N3O5S. The Morgan fingerprint density at radius 3 is 2.58 bits per heavy atom. The summed E-state index contributed by atoms with van der Waals surface area (Å²) in [5, 5.41) is 5.95. The first-order chi connectivity index (χ1) is 15.9. The van der Waals surface area contributed by atoms with E-state index in [9.17, 15) is 19.2 Å². The van der Waals surface area contributed by atoms with E-state index in [0.717, 1.165) is 47.4 Å². The molecule has 1 unspecified atom stereocenters. The minimum atomic E-state index is -1.20. The summed E-state index contributed by atoms with van der Waals surface area (Å²) >= 11 is 1.37. The number of imide groups is 1. The van der Waals surface area contributed by atoms with Crippen molar-refractivity contribution in [3.63, 3.8) is 0 Å². The molecule has 8 nitrogen and oxygen atoms in total. The van der Waals surface area contributed by atoms with Crippen molar-refractivity contribution in [1.82, 2.24) is 10.2 Å². The highest BCUT2D eigenvalue weighted by atomic mass is 32.1. The summed E-state index contributed by atoms with van der Waals surface area (Å²) in [5.74, 6) is -1.50. The molecular weight excluding hydrogens is 442 g/mol. The molecule has 1 fully saturated rings. The average molecular weight is 470 g/mol. The summed E-state index contributed by atoms with van der Waals surface area (Å²) in [6.07, 6.45) is 5.06. The molecule has 0 radical (unpaired) electrons. The fourth-order valence-corrected chi connectivity index (χ4v) is 5.88. The lowest BCUT2D eigenvalue weighted by atomic mass is 9.87. The molecule has 33 heavy (non-hydrogen) atoms. The number of ether oxygens (including phenoxy) is 1. The van der Waals surface area contributed by atoms with E-state index in [2.05, 4.69) is 10.6 Å². The van der Waals surface area contributed by atoms with Crippen LogP contribution in [-0.2, 0) is 32.7 Å². The minimum Gasteiger partial charge on any atom is -0.465 e. The highest BCUT2D eigenvalue weighted by Gasteiger charge is 2.51. The maximum atomic E-state index is 13.3. The number of methoxy groups -OCH3 is 1. The number of nitrogens with zero attached hydrogens (tertiary/aromatic N) is 1. The number of carbonyl (C=O) groups excluding carboxylic acids is 4. The molecule has 2 aliphatic rings. The molecule has 0 saturated carbocycles. The zero-order valence-corrected chi connectivity index (χ0v) is 19.5. The summed E-state index contributed by atoms with van der Waals surface area (Å²) in [7, 11) is 1.32. The number of rotatable bonds is 6. The molecule has 1 aliphatic heterocycles. The van der Waals surface area contributed by atoms with Gasteiger partial charge >= 0.3 is 12.0 Å². The van der Waals surface area contributed by atoms with Gasteiger partial charge in [-0.2, -0.15) is 0 Å². The first-order valence-corrected chi connectivity index (χ1v) is 11.9. The van der Waals surface area contributed by atoms with E-state index < -0.39 is 35.9 Å². The summed E-state index contributed by atoms with van der Waals surface area (Å²) in [6.45, 7) is 1.37. The third-order valence-electron chi connectivity index (χ3n) is 6.34. The number of thiophene rings is 1. The van der Waals surface area contributed by atoms with E-state index in [1.807, 2.05) is 13.0 Å². The molecule has 2 aromatic rings. The number of nitrogens with one attached hydrogen (secondary N) is 2. The van der Waals surface area contributed by atoms with Gasteiger partial charge in [0.25, 0.3) is 5.91 Å². The highest BCUT2D eigenvalue weighted by molar-refractivity contribution is 7.17. The van der Waals surface area contributed by atoms with Crippen LogP contribution in [0.3, 0.4) is 0 Å². The van der Waals surface area contributed by atoms with E-state index in [0.29, 0.717) is 22.5 Å². The highest BCUT2D eigenvalue weighted by Crippen LogP contribution is 2.38. The molecule has 174 valence electrons. The second-order valence-corrected chi connectivity index (χ2v) is 9.36. The van der Waals surface area contributed by atoms with Gasteiger partial charge in [0.05, 0.1) is 12.7 Å². The molecule has 1 aromatic heterocycles. The average Bonchev–Trinajstić information content (AvgIpc) is 3.16. The van der Waals surface area contributed by atoms with Gasteiger partial charge in [-0.3, -0.25) is 14.5 Å². The van der Waals surface area contributed by atoms with Gasteiger partial charge in [-0.15, -0.1) is 11.3 Å². The summed E-state index contributed by atoms with van der Waals surface area (Å²) in [6, 6.07) is 8.39. The lowest BCUT2D eigenvalue weighted by Gasteiger charge is -2.25. The fraction of sp³-hybridized carbons (Fsp3) is 0.417. The van der Waals surface area contributed by atoms with E-state index in [1.54, 1.807) is 24.3 Å². The quantitative estimate of drug-likeness (QED) is 0.382. The topological polar surface area (TPSA) is 105 Å². The van der Waals surface area contributed by atoms with Gasteiger partial charge < -0.3 is 15.4 Å². The van der Waals surface area contributed by atoms with Crippen LogP contribution >= 0.6 is 11.3 Å². The second kappa shape index (κ2) is 9.35. The van der Waals surface area contributed by atoms with Crippen LogP contribution in [0.5, 0.6) is 0 Å². The zero-order chi connectivity index (χ0) is 23.6. The predicted molar refractivity (Wildman–Crippen MR) is 124 cm³/mol. The monoisotopic (exact) mass is 469 g/mol. The normalized spacial score (nSPS) is 20.1. The Kier molecular flexibility index (Phi) is 6.51. The van der Waals surface area contributed by atoms with E-state index in [-0.39, 0.29) is 0 Å². The SMILES string of the molecule is CCC1(c2ccccc2)NC(=O)N(CC(=O)Nc2sc3c(c2C(=O)OC)CCCCC3)C1=O. The maximum absolute atomic E-state index is 13.3. The number of aryl methyl sites for hydroxylation is 1. The van der Waals surface area contributed by atoms with E-state index in [4.69, 9.17) is 4.74 Å². The van der Waals surface area contributed by atoms with Gasteiger partial charge in [0.1, 0.15) is 17.1 Å². The van der Waals surface area contributed by atoms with Crippen molar-refractivity contribution in [2.24, 2.45) is 0 Å². The van der Waals surface area contributed by atoms with E-state index >= 15 is 0 Å². The molecule has 0 bridgehead atoms. The van der Waals surface area contributed by atoms with Crippen molar-refractivity contribution >= 4 is 40.2 Å². The van der Waals surface area contributed by atoms with Gasteiger partial charge in [-0.25, -0.2) is 9.59 Å². The van der Waals surface area contributed by atoms with Crippen LogP contribution in [0, 0.1) is 0 Å². The molecule has 0 spiro atoms. The number of amides is 4. The Labute approximate surface area is 196 Å². The number of urea groups is 1. The van der Waals surface area contributed by atoms with Crippen LogP contribution < -0.4 is 10.6 Å². The fourth-order valence-electron chi connectivity index (χ4n) is 4.59. The zero-order valence-electron chi connectivity index (χ0n) is 18.7. The first kappa shape index (κ1) is 23.0. The van der Waals surface area contributed by atoms with Crippen molar-refractivity contribution in [2.75, 3.05) is 19.0 Å². The van der Waals surface area contributed by atoms with Gasteiger partial charge in [-0.1, -0.05) is 43.7 Å². The van der Waals surface area contributed by atoms with Crippen LogP contribution in [0.2, 0.25) is 0 Å². The molecule has 1 aromatic carbocycles. The Hall–Kier alpha value is -3.20. The molecule has 9 heteroatoms. The maximum Gasteiger partial charge on any atom is 0.341 e. The predicted octanol–water partition coefficient (Wildman–Crippen LogP) is 3.60. The van der Waals surface area contributed by atoms with Crippen LogP contribution in [0.1, 0.15) is 59.0 Å². The number of fused-ring (bicyclic) bond motifs is 1. The summed E-state index contributed by atoms with van der Waals surface area (Å²) < 4.78 is 4.97. The lowest BCUT2D eigenvalue weighted by molar-refractivity contribution is -0.134. The second-order valence-electron chi connectivity index (χ2n) is 8.25. The molecule has 4 amide bonds. The number of anilines is 1. The number of carbonyl (C=O) groups is 4. The third kappa shape index (κ3) is 4.13. The number of hydrogen-bond donors (Lipinski definition) is 2. The van der Waals surface area contributed by atoms with Crippen LogP contribution in [0.15, 0.2) is 30.3 Å². The largest absolute Gasteiger partial charge is 0.465 e. The van der Waals surface area contributed by atoms with Crippen molar-refractivity contribution in [3.8, 4) is 0 Å². The Balaban J connectivity index is 1.56. The summed E-state index contributed by atoms with van der Waals surface area (Å²) in [4.78, 5) is 53.4. The molecule has 2 heterocycles. The van der Waals surface area contributed by atoms with Gasteiger partial charge in [0.15, 0.2) is 0 Å². The van der Waals surface area contributed by atoms with Gasteiger partial charge in [-0.05, 0) is 43.2 Å². The van der Waals surface area contributed by atoms with E-state index in [1.165, 1.54) is 18.4 Å². The first-order valence-electron chi connectivity index (χ1n) is 11.1. The standard InChI is InChI=1S/C24H27N3O5S/c1-3-24(15-10-6-4-7-11-15)22(30)27(23(31)26-24)14-18(28)25-20-19(21(29)32-2)16-12-8-5-9-13-17(16)33-20/h4,6-7,10-11H,3,5,8-9,12-14H2,1-2H3,(H,25,28)(H,26,31). The molecule has 1 atom stereocenters. The minimum absolute atomic E-state index is 0.351. The van der Waals surface area contributed by atoms with Crippen molar-refractivity contribution < 1.29 is 23.9 Å². The van der Waals surface area contributed by atoms with Crippen molar-refractivity contribution in [3.05, 3.63) is 51.9 Å². The Bertz CT molecular complexity index is 1100. The van der Waals surface area contributed by atoms with Crippen LogP contribution in [0.4, 0.5) is 9.80 Å². The molecule has 1 aliphatic carbocycles. The van der Waals surface area contributed by atoms with Crippen molar-refractivity contribution in [2.45, 2.75) is 51.0 Å². The van der Waals surface area contributed by atoms with Crippen LogP contribution in [-0.4, -0.2) is 42.4 Å². The third-order valence-corrected chi connectivity index (χ3v) is 7.55. The van der Waals surface area contributed by atoms with Gasteiger partial charge in [0, 0.05) is 4.88 Å². The smallest absolute Gasteiger partial charge is 0.341 e. The molecule has 1 saturated heterocycles. The lowest BCUT2D eigenvalue weighted by Crippen LogP contribution is -2.44. The number of esters is 1.